The zero-order chi connectivity index (χ0) is 16.1. The van der Waals surface area contributed by atoms with Crippen molar-refractivity contribution in [1.29, 1.82) is 0 Å². The monoisotopic (exact) mass is 311 g/mol. The van der Waals surface area contributed by atoms with Gasteiger partial charge in [-0.25, -0.2) is 0 Å². The summed E-state index contributed by atoms with van der Waals surface area (Å²) >= 11 is 0. The second-order valence-corrected chi connectivity index (χ2v) is 5.76. The number of anilines is 1. The lowest BCUT2D eigenvalue weighted by molar-refractivity contribution is 0.0673. The SMILES string of the molecule is Cc1ccc(NC(=O)c2ccccc2OCC2CCCO2)cc1. The Labute approximate surface area is 136 Å². The van der Waals surface area contributed by atoms with Gasteiger partial charge in [-0.2, -0.15) is 0 Å². The number of ether oxygens (including phenoxy) is 2. The van der Waals surface area contributed by atoms with Gasteiger partial charge in [0, 0.05) is 12.3 Å². The first-order chi connectivity index (χ1) is 11.2. The zero-order valence-electron chi connectivity index (χ0n) is 13.2. The van der Waals surface area contributed by atoms with E-state index in [0.717, 1.165) is 30.7 Å². The van der Waals surface area contributed by atoms with Crippen LogP contribution in [0.2, 0.25) is 0 Å². The molecule has 2 aromatic carbocycles. The standard InChI is InChI=1S/C19H21NO3/c1-14-8-10-15(11-9-14)20-19(21)17-6-2-3-7-18(17)23-13-16-5-4-12-22-16/h2-3,6-11,16H,4-5,12-13H2,1H3,(H,20,21). The van der Waals surface area contributed by atoms with Gasteiger partial charge >= 0.3 is 0 Å². The molecule has 4 heteroatoms. The lowest BCUT2D eigenvalue weighted by Gasteiger charge is -2.14. The van der Waals surface area contributed by atoms with E-state index < -0.39 is 0 Å². The summed E-state index contributed by atoms with van der Waals surface area (Å²) in [5.41, 5.74) is 2.46. The first kappa shape index (κ1) is 15.6. The van der Waals surface area contributed by atoms with E-state index in [1.54, 1.807) is 6.07 Å². The zero-order valence-corrected chi connectivity index (χ0v) is 13.2. The Morgan fingerprint density at radius 3 is 2.74 bits per heavy atom. The van der Waals surface area contributed by atoms with E-state index in [0.29, 0.717) is 17.9 Å². The van der Waals surface area contributed by atoms with Crippen molar-refractivity contribution in [2.45, 2.75) is 25.9 Å². The van der Waals surface area contributed by atoms with Gasteiger partial charge in [-0.05, 0) is 44.0 Å². The average molecular weight is 311 g/mol. The fourth-order valence-electron chi connectivity index (χ4n) is 2.57. The molecule has 1 N–H and O–H groups in total. The highest BCUT2D eigenvalue weighted by atomic mass is 16.5. The molecule has 4 nitrogen and oxygen atoms in total. The molecule has 1 amide bonds. The van der Waals surface area contributed by atoms with Gasteiger partial charge in [0.2, 0.25) is 0 Å². The van der Waals surface area contributed by atoms with Gasteiger partial charge in [0.15, 0.2) is 0 Å². The number of hydrogen-bond donors (Lipinski definition) is 1. The number of para-hydroxylation sites is 1. The number of amides is 1. The Balaban J connectivity index is 1.68. The molecule has 120 valence electrons. The van der Waals surface area contributed by atoms with E-state index >= 15 is 0 Å². The van der Waals surface area contributed by atoms with E-state index in [4.69, 9.17) is 9.47 Å². The molecule has 1 heterocycles. The summed E-state index contributed by atoms with van der Waals surface area (Å²) in [7, 11) is 0. The lowest BCUT2D eigenvalue weighted by Crippen LogP contribution is -2.19. The smallest absolute Gasteiger partial charge is 0.259 e. The highest BCUT2D eigenvalue weighted by Gasteiger charge is 2.18. The van der Waals surface area contributed by atoms with Gasteiger partial charge in [0.05, 0.1) is 11.7 Å². The fraction of sp³-hybridized carbons (Fsp3) is 0.316. The maximum Gasteiger partial charge on any atom is 0.259 e. The van der Waals surface area contributed by atoms with Crippen LogP contribution in [0, 0.1) is 6.92 Å². The fourth-order valence-corrected chi connectivity index (χ4v) is 2.57. The predicted molar refractivity (Wildman–Crippen MR) is 90.0 cm³/mol. The maximum atomic E-state index is 12.5. The maximum absolute atomic E-state index is 12.5. The normalized spacial score (nSPS) is 17.0. The third-order valence-corrected chi connectivity index (χ3v) is 3.89. The minimum Gasteiger partial charge on any atom is -0.490 e. The number of hydrogen-bond acceptors (Lipinski definition) is 3. The summed E-state index contributed by atoms with van der Waals surface area (Å²) in [6.07, 6.45) is 2.21. The summed E-state index contributed by atoms with van der Waals surface area (Å²) in [6.45, 7) is 3.29. The molecule has 0 saturated carbocycles. The Morgan fingerprint density at radius 1 is 1.22 bits per heavy atom. The second-order valence-electron chi connectivity index (χ2n) is 5.76. The summed E-state index contributed by atoms with van der Waals surface area (Å²) < 4.78 is 11.4. The van der Waals surface area contributed by atoms with Gasteiger partial charge in [0.1, 0.15) is 12.4 Å². The van der Waals surface area contributed by atoms with Crippen molar-refractivity contribution in [3.63, 3.8) is 0 Å². The Kier molecular flexibility index (Phi) is 4.93. The molecule has 3 rings (SSSR count). The van der Waals surface area contributed by atoms with Gasteiger partial charge < -0.3 is 14.8 Å². The number of carbonyl (C=O) groups excluding carboxylic acids is 1. The summed E-state index contributed by atoms with van der Waals surface area (Å²) in [5, 5.41) is 2.90. The van der Waals surface area contributed by atoms with Gasteiger partial charge in [0.25, 0.3) is 5.91 Å². The van der Waals surface area contributed by atoms with Crippen LogP contribution >= 0.6 is 0 Å². The van der Waals surface area contributed by atoms with Crippen molar-refractivity contribution >= 4 is 11.6 Å². The minimum atomic E-state index is -0.170. The molecular formula is C19H21NO3. The molecule has 0 bridgehead atoms. The van der Waals surface area contributed by atoms with E-state index in [2.05, 4.69) is 5.32 Å². The molecule has 1 atom stereocenters. The third-order valence-electron chi connectivity index (χ3n) is 3.89. The molecule has 2 aromatic rings. The number of aryl methyl sites for hydroxylation is 1. The molecule has 23 heavy (non-hydrogen) atoms. The molecule has 0 spiro atoms. The van der Waals surface area contributed by atoms with Crippen molar-refractivity contribution in [1.82, 2.24) is 0 Å². The molecule has 1 fully saturated rings. The molecule has 0 aromatic heterocycles. The molecule has 1 aliphatic rings. The Bertz CT molecular complexity index is 661. The summed E-state index contributed by atoms with van der Waals surface area (Å²) in [5.74, 6) is 0.421. The van der Waals surface area contributed by atoms with Crippen LogP contribution in [0.3, 0.4) is 0 Å². The van der Waals surface area contributed by atoms with E-state index in [9.17, 15) is 4.79 Å². The first-order valence-electron chi connectivity index (χ1n) is 7.94. The van der Waals surface area contributed by atoms with Crippen LogP contribution in [0.5, 0.6) is 5.75 Å². The van der Waals surface area contributed by atoms with Crippen LogP contribution in [0.4, 0.5) is 5.69 Å². The Hall–Kier alpha value is -2.33. The van der Waals surface area contributed by atoms with Gasteiger partial charge in [-0.15, -0.1) is 0 Å². The molecule has 1 saturated heterocycles. The summed E-state index contributed by atoms with van der Waals surface area (Å²) in [6, 6.07) is 15.0. The van der Waals surface area contributed by atoms with Crippen molar-refractivity contribution in [2.24, 2.45) is 0 Å². The van der Waals surface area contributed by atoms with E-state index in [1.165, 1.54) is 0 Å². The number of carbonyl (C=O) groups is 1. The van der Waals surface area contributed by atoms with Crippen molar-refractivity contribution < 1.29 is 14.3 Å². The molecule has 1 aliphatic heterocycles. The van der Waals surface area contributed by atoms with Crippen molar-refractivity contribution in [3.05, 3.63) is 59.7 Å². The van der Waals surface area contributed by atoms with E-state index in [-0.39, 0.29) is 12.0 Å². The van der Waals surface area contributed by atoms with Crippen molar-refractivity contribution in [3.8, 4) is 5.75 Å². The van der Waals surface area contributed by atoms with Crippen LogP contribution in [0.1, 0.15) is 28.8 Å². The first-order valence-corrected chi connectivity index (χ1v) is 7.94. The number of rotatable bonds is 5. The minimum absolute atomic E-state index is 0.128. The van der Waals surface area contributed by atoms with Crippen LogP contribution in [0.15, 0.2) is 48.5 Å². The van der Waals surface area contributed by atoms with Crippen LogP contribution < -0.4 is 10.1 Å². The molecule has 0 radical (unpaired) electrons. The number of benzene rings is 2. The average Bonchev–Trinajstić information content (AvgIpc) is 3.09. The number of nitrogens with one attached hydrogen (secondary N) is 1. The predicted octanol–water partition coefficient (Wildman–Crippen LogP) is 3.81. The van der Waals surface area contributed by atoms with Crippen LogP contribution in [-0.2, 0) is 4.74 Å². The highest BCUT2D eigenvalue weighted by molar-refractivity contribution is 6.06. The Morgan fingerprint density at radius 2 is 2.00 bits per heavy atom. The van der Waals surface area contributed by atoms with Crippen LogP contribution in [-0.4, -0.2) is 25.2 Å². The van der Waals surface area contributed by atoms with E-state index in [1.807, 2.05) is 49.4 Å². The second kappa shape index (κ2) is 7.29. The largest absolute Gasteiger partial charge is 0.490 e. The van der Waals surface area contributed by atoms with Gasteiger partial charge in [-0.3, -0.25) is 4.79 Å². The lowest BCUT2D eigenvalue weighted by atomic mass is 10.1. The quantitative estimate of drug-likeness (QED) is 0.913. The molecule has 1 unspecified atom stereocenters. The summed E-state index contributed by atoms with van der Waals surface area (Å²) in [4.78, 5) is 12.5. The molecular weight excluding hydrogens is 290 g/mol. The topological polar surface area (TPSA) is 47.6 Å². The van der Waals surface area contributed by atoms with Crippen molar-refractivity contribution in [2.75, 3.05) is 18.5 Å². The third kappa shape index (κ3) is 4.11. The van der Waals surface area contributed by atoms with Gasteiger partial charge in [-0.1, -0.05) is 29.8 Å². The molecule has 0 aliphatic carbocycles. The van der Waals surface area contributed by atoms with Crippen LogP contribution in [0.25, 0.3) is 0 Å². The highest BCUT2D eigenvalue weighted by Crippen LogP contribution is 2.22.